The Kier molecular flexibility index (Phi) is 5.53. The van der Waals surface area contributed by atoms with E-state index in [-0.39, 0.29) is 11.7 Å². The van der Waals surface area contributed by atoms with Gasteiger partial charge in [-0.25, -0.2) is 0 Å². The predicted molar refractivity (Wildman–Crippen MR) is 92.1 cm³/mol. The van der Waals surface area contributed by atoms with Gasteiger partial charge in [-0.2, -0.15) is 8.78 Å². The van der Waals surface area contributed by atoms with E-state index in [1.54, 1.807) is 12.1 Å². The van der Waals surface area contributed by atoms with Crippen LogP contribution in [0.15, 0.2) is 24.3 Å². The first kappa shape index (κ1) is 17.7. The van der Waals surface area contributed by atoms with Crippen molar-refractivity contribution in [3.63, 3.8) is 0 Å². The summed E-state index contributed by atoms with van der Waals surface area (Å²) >= 11 is 0. The Hall–Kier alpha value is -2.15. The number of alkyl halides is 2. The average molecular weight is 351 g/mol. The van der Waals surface area contributed by atoms with Crippen molar-refractivity contribution in [3.8, 4) is 5.75 Å². The number of benzene rings is 1. The molecular weight excluding hydrogens is 328 g/mol. The van der Waals surface area contributed by atoms with Crippen LogP contribution in [0, 0.1) is 5.92 Å². The van der Waals surface area contributed by atoms with E-state index in [2.05, 4.69) is 15.0 Å². The van der Waals surface area contributed by atoms with Crippen molar-refractivity contribution >= 4 is 16.8 Å². The van der Waals surface area contributed by atoms with E-state index in [0.717, 1.165) is 38.0 Å². The largest absolute Gasteiger partial charge is 0.435 e. The summed E-state index contributed by atoms with van der Waals surface area (Å²) in [7, 11) is 0. The Bertz CT molecular complexity index is 726. The van der Waals surface area contributed by atoms with E-state index >= 15 is 0 Å². The zero-order valence-electron chi connectivity index (χ0n) is 14.2. The van der Waals surface area contributed by atoms with Gasteiger partial charge in [0.1, 0.15) is 11.4 Å². The SMILES string of the molecule is CCN(CC1CCCNC1)C(=O)c1cc2cc(OC(F)F)ccc2[nH]1. The van der Waals surface area contributed by atoms with Crippen molar-refractivity contribution in [3.05, 3.63) is 30.0 Å². The normalized spacial score (nSPS) is 17.8. The minimum Gasteiger partial charge on any atom is -0.435 e. The van der Waals surface area contributed by atoms with Gasteiger partial charge in [-0.15, -0.1) is 0 Å². The lowest BCUT2D eigenvalue weighted by atomic mass is 9.99. The molecule has 0 radical (unpaired) electrons. The summed E-state index contributed by atoms with van der Waals surface area (Å²) in [6.45, 7) is 2.43. The number of H-pyrrole nitrogens is 1. The lowest BCUT2D eigenvalue weighted by molar-refractivity contribution is -0.0497. The zero-order valence-corrected chi connectivity index (χ0v) is 14.2. The molecule has 3 rings (SSSR count). The van der Waals surface area contributed by atoms with Crippen LogP contribution in [0.1, 0.15) is 30.3 Å². The number of carbonyl (C=O) groups is 1. The average Bonchev–Trinajstić information content (AvgIpc) is 3.02. The van der Waals surface area contributed by atoms with E-state index < -0.39 is 6.61 Å². The summed E-state index contributed by atoms with van der Waals surface area (Å²) in [5.41, 5.74) is 1.19. The van der Waals surface area contributed by atoms with E-state index in [4.69, 9.17) is 0 Å². The van der Waals surface area contributed by atoms with Crippen molar-refractivity contribution < 1.29 is 18.3 Å². The fraction of sp³-hybridized carbons (Fsp3) is 0.500. The number of piperidine rings is 1. The molecule has 2 aromatic rings. The third kappa shape index (κ3) is 4.28. The number of amides is 1. The van der Waals surface area contributed by atoms with Crippen molar-refractivity contribution in [2.75, 3.05) is 26.2 Å². The highest BCUT2D eigenvalue weighted by atomic mass is 19.3. The molecule has 0 bridgehead atoms. The number of hydrogen-bond donors (Lipinski definition) is 2. The molecule has 1 aromatic carbocycles. The monoisotopic (exact) mass is 351 g/mol. The molecule has 1 aliphatic rings. The maximum atomic E-state index is 12.8. The van der Waals surface area contributed by atoms with Gasteiger partial charge in [0, 0.05) is 24.0 Å². The summed E-state index contributed by atoms with van der Waals surface area (Å²) in [6.07, 6.45) is 2.26. The standard InChI is InChI=1S/C18H23F2N3O2/c1-2-23(11-12-4-3-7-21-10-12)17(24)16-9-13-8-14(25-18(19)20)5-6-15(13)22-16/h5-6,8-9,12,18,21-22H,2-4,7,10-11H2,1H3. The summed E-state index contributed by atoms with van der Waals surface area (Å²) < 4.78 is 29.1. The number of nitrogens with one attached hydrogen (secondary N) is 2. The Labute approximate surface area is 145 Å². The molecule has 0 aliphatic carbocycles. The number of carbonyl (C=O) groups excluding carboxylic acids is 1. The van der Waals surface area contributed by atoms with Crippen molar-refractivity contribution in [1.82, 2.24) is 15.2 Å². The zero-order chi connectivity index (χ0) is 17.8. The first-order valence-corrected chi connectivity index (χ1v) is 8.64. The maximum absolute atomic E-state index is 12.8. The molecule has 5 nitrogen and oxygen atoms in total. The number of aromatic amines is 1. The van der Waals surface area contributed by atoms with Gasteiger partial charge in [0.2, 0.25) is 0 Å². The van der Waals surface area contributed by atoms with Crippen LogP contribution < -0.4 is 10.1 Å². The van der Waals surface area contributed by atoms with Crippen LogP contribution >= 0.6 is 0 Å². The molecule has 1 amide bonds. The van der Waals surface area contributed by atoms with Crippen LogP contribution in [0.2, 0.25) is 0 Å². The minimum atomic E-state index is -2.86. The second kappa shape index (κ2) is 7.82. The Morgan fingerprint density at radius 1 is 1.40 bits per heavy atom. The van der Waals surface area contributed by atoms with E-state index in [1.807, 2.05) is 11.8 Å². The van der Waals surface area contributed by atoms with Gasteiger partial charge >= 0.3 is 6.61 Å². The third-order valence-electron chi connectivity index (χ3n) is 4.59. The Morgan fingerprint density at radius 2 is 2.24 bits per heavy atom. The highest BCUT2D eigenvalue weighted by Crippen LogP contribution is 2.24. The number of fused-ring (bicyclic) bond motifs is 1. The van der Waals surface area contributed by atoms with E-state index in [1.165, 1.54) is 12.1 Å². The van der Waals surface area contributed by atoms with Gasteiger partial charge in [0.25, 0.3) is 5.91 Å². The van der Waals surface area contributed by atoms with Gasteiger partial charge in [0.15, 0.2) is 0 Å². The molecule has 1 fully saturated rings. The number of ether oxygens (including phenoxy) is 1. The molecule has 1 unspecified atom stereocenters. The van der Waals surface area contributed by atoms with Gasteiger partial charge in [-0.3, -0.25) is 4.79 Å². The smallest absolute Gasteiger partial charge is 0.387 e. The second-order valence-corrected chi connectivity index (χ2v) is 6.37. The molecule has 1 aromatic heterocycles. The molecule has 1 atom stereocenters. The molecule has 2 N–H and O–H groups in total. The molecule has 25 heavy (non-hydrogen) atoms. The molecule has 136 valence electrons. The maximum Gasteiger partial charge on any atom is 0.387 e. The van der Waals surface area contributed by atoms with Crippen LogP contribution in [0.25, 0.3) is 10.9 Å². The lowest BCUT2D eigenvalue weighted by Gasteiger charge is -2.29. The van der Waals surface area contributed by atoms with Crippen LogP contribution in [-0.4, -0.2) is 48.6 Å². The minimum absolute atomic E-state index is 0.0689. The molecule has 1 saturated heterocycles. The first-order chi connectivity index (χ1) is 12.1. The molecular formula is C18H23F2N3O2. The Morgan fingerprint density at radius 3 is 2.92 bits per heavy atom. The Balaban J connectivity index is 1.75. The highest BCUT2D eigenvalue weighted by molar-refractivity contribution is 5.98. The first-order valence-electron chi connectivity index (χ1n) is 8.64. The topological polar surface area (TPSA) is 57.4 Å². The fourth-order valence-corrected chi connectivity index (χ4v) is 3.32. The fourth-order valence-electron chi connectivity index (χ4n) is 3.32. The summed E-state index contributed by atoms with van der Waals surface area (Å²) in [6, 6.07) is 6.31. The van der Waals surface area contributed by atoms with Gasteiger partial charge in [0.05, 0.1) is 0 Å². The van der Waals surface area contributed by atoms with E-state index in [9.17, 15) is 13.6 Å². The third-order valence-corrected chi connectivity index (χ3v) is 4.59. The van der Waals surface area contributed by atoms with Gasteiger partial charge in [-0.05, 0) is 63.0 Å². The number of hydrogen-bond acceptors (Lipinski definition) is 3. The van der Waals surface area contributed by atoms with Crippen molar-refractivity contribution in [2.45, 2.75) is 26.4 Å². The number of aromatic nitrogens is 1. The summed E-state index contributed by atoms with van der Waals surface area (Å²) in [5.74, 6) is 0.481. The summed E-state index contributed by atoms with van der Waals surface area (Å²) in [5, 5.41) is 4.04. The van der Waals surface area contributed by atoms with Crippen LogP contribution in [0.5, 0.6) is 5.75 Å². The molecule has 1 aliphatic heterocycles. The van der Waals surface area contributed by atoms with Crippen LogP contribution in [-0.2, 0) is 0 Å². The van der Waals surface area contributed by atoms with Crippen LogP contribution in [0.4, 0.5) is 8.78 Å². The second-order valence-electron chi connectivity index (χ2n) is 6.37. The predicted octanol–water partition coefficient (Wildman–Crippen LogP) is 3.23. The molecule has 2 heterocycles. The number of nitrogens with zero attached hydrogens (tertiary/aromatic N) is 1. The van der Waals surface area contributed by atoms with E-state index in [0.29, 0.717) is 23.5 Å². The van der Waals surface area contributed by atoms with Gasteiger partial charge in [-0.1, -0.05) is 0 Å². The summed E-state index contributed by atoms with van der Waals surface area (Å²) in [4.78, 5) is 17.7. The molecule has 7 heteroatoms. The highest BCUT2D eigenvalue weighted by Gasteiger charge is 2.22. The van der Waals surface area contributed by atoms with Crippen LogP contribution in [0.3, 0.4) is 0 Å². The van der Waals surface area contributed by atoms with Crippen molar-refractivity contribution in [1.29, 1.82) is 0 Å². The lowest BCUT2D eigenvalue weighted by Crippen LogP contribution is -2.41. The number of halogens is 2. The van der Waals surface area contributed by atoms with Gasteiger partial charge < -0.3 is 19.9 Å². The van der Waals surface area contributed by atoms with Crippen molar-refractivity contribution in [2.24, 2.45) is 5.92 Å². The number of rotatable bonds is 6. The molecule has 0 spiro atoms. The molecule has 0 saturated carbocycles. The quantitative estimate of drug-likeness (QED) is 0.840.